The van der Waals surface area contributed by atoms with Crippen LogP contribution >= 0.6 is 23.2 Å². The number of sulfonamides is 1. The Morgan fingerprint density at radius 1 is 1.29 bits per heavy atom. The van der Waals surface area contributed by atoms with Gasteiger partial charge in [0.2, 0.25) is 10.0 Å². The number of benzene rings is 1. The summed E-state index contributed by atoms with van der Waals surface area (Å²) in [5.41, 5.74) is 0.0884. The average Bonchev–Trinajstić information content (AvgIpc) is 2.38. The molecule has 2 N–H and O–H groups in total. The van der Waals surface area contributed by atoms with Crippen molar-refractivity contribution in [2.45, 2.75) is 39.2 Å². The van der Waals surface area contributed by atoms with Gasteiger partial charge in [-0.2, -0.15) is 0 Å². The Bertz CT molecular complexity index is 613. The fourth-order valence-corrected chi connectivity index (χ4v) is 3.64. The van der Waals surface area contributed by atoms with Crippen LogP contribution in [0, 0.1) is 11.3 Å². The van der Waals surface area contributed by atoms with Crippen molar-refractivity contribution in [1.29, 1.82) is 0 Å². The molecule has 0 aliphatic rings. The molecule has 120 valence electrons. The number of hydrogen-bond acceptors (Lipinski definition) is 3. The van der Waals surface area contributed by atoms with E-state index < -0.39 is 10.0 Å². The van der Waals surface area contributed by atoms with Crippen molar-refractivity contribution in [3.8, 4) is 0 Å². The first-order valence-corrected chi connectivity index (χ1v) is 8.83. The van der Waals surface area contributed by atoms with Crippen LogP contribution in [0.5, 0.6) is 0 Å². The highest BCUT2D eigenvalue weighted by Gasteiger charge is 2.27. The van der Waals surface area contributed by atoms with Crippen LogP contribution < -0.4 is 4.72 Å². The number of rotatable bonds is 6. The molecule has 0 aliphatic heterocycles. The molecule has 1 aromatic rings. The van der Waals surface area contributed by atoms with E-state index in [0.29, 0.717) is 5.92 Å². The minimum absolute atomic E-state index is 0.00301. The molecule has 4 nitrogen and oxygen atoms in total. The summed E-state index contributed by atoms with van der Waals surface area (Å²) in [6, 6.07) is 2.73. The van der Waals surface area contributed by atoms with Crippen LogP contribution in [0.1, 0.15) is 33.3 Å². The third kappa shape index (κ3) is 4.57. The molecule has 0 aliphatic carbocycles. The lowest BCUT2D eigenvalue weighted by molar-refractivity contribution is 0.252. The highest BCUT2D eigenvalue weighted by atomic mass is 35.5. The Balaban J connectivity index is 3.12. The van der Waals surface area contributed by atoms with E-state index in [4.69, 9.17) is 23.2 Å². The smallest absolute Gasteiger partial charge is 0.242 e. The van der Waals surface area contributed by atoms with Crippen molar-refractivity contribution in [1.82, 2.24) is 4.72 Å². The minimum atomic E-state index is -3.79. The molecule has 7 heteroatoms. The lowest BCUT2D eigenvalue weighted by atomic mass is 9.81. The molecule has 0 unspecified atom stereocenters. The molecule has 0 amide bonds. The Labute approximate surface area is 136 Å². The SMILES string of the molecule is CC(C)C(C)(C)CNS(=O)(=O)c1cc(Cl)cc(CO)c1Cl. The van der Waals surface area contributed by atoms with Crippen LogP contribution in [0.4, 0.5) is 0 Å². The number of hydrogen-bond donors (Lipinski definition) is 2. The van der Waals surface area contributed by atoms with Crippen LogP contribution in [-0.2, 0) is 16.6 Å². The zero-order valence-corrected chi connectivity index (χ0v) is 14.9. The second kappa shape index (κ2) is 6.84. The molecule has 0 radical (unpaired) electrons. The predicted octanol–water partition coefficient (Wildman–Crippen LogP) is 3.45. The molecular formula is C14H21Cl2NO3S. The van der Waals surface area contributed by atoms with Gasteiger partial charge in [0.25, 0.3) is 0 Å². The van der Waals surface area contributed by atoms with Crippen molar-refractivity contribution in [3.63, 3.8) is 0 Å². The van der Waals surface area contributed by atoms with Gasteiger partial charge in [-0.25, -0.2) is 13.1 Å². The Hall–Kier alpha value is -0.330. The van der Waals surface area contributed by atoms with Gasteiger partial charge in [0.15, 0.2) is 0 Å². The molecule has 0 bridgehead atoms. The average molecular weight is 354 g/mol. The number of nitrogens with one attached hydrogen (secondary N) is 1. The fourth-order valence-electron chi connectivity index (χ4n) is 1.49. The van der Waals surface area contributed by atoms with Crippen molar-refractivity contribution in [2.75, 3.05) is 6.54 Å². The van der Waals surface area contributed by atoms with E-state index in [1.54, 1.807) is 0 Å². The number of aliphatic hydroxyl groups is 1. The van der Waals surface area contributed by atoms with Crippen molar-refractivity contribution >= 4 is 33.2 Å². The van der Waals surface area contributed by atoms with Crippen LogP contribution in [0.3, 0.4) is 0 Å². The molecule has 0 saturated heterocycles. The van der Waals surface area contributed by atoms with Crippen LogP contribution in [0.15, 0.2) is 17.0 Å². The highest BCUT2D eigenvalue weighted by molar-refractivity contribution is 7.89. The predicted molar refractivity (Wildman–Crippen MR) is 86.2 cm³/mol. The zero-order valence-electron chi connectivity index (χ0n) is 12.6. The van der Waals surface area contributed by atoms with E-state index in [0.717, 1.165) is 0 Å². The first-order chi connectivity index (χ1) is 9.51. The van der Waals surface area contributed by atoms with Gasteiger partial charge in [0, 0.05) is 11.6 Å². The van der Waals surface area contributed by atoms with Gasteiger partial charge < -0.3 is 5.11 Å². The van der Waals surface area contributed by atoms with Gasteiger partial charge >= 0.3 is 0 Å². The highest BCUT2D eigenvalue weighted by Crippen LogP contribution is 2.30. The summed E-state index contributed by atoms with van der Waals surface area (Å²) in [5.74, 6) is 0.308. The Morgan fingerprint density at radius 2 is 1.86 bits per heavy atom. The molecule has 0 saturated carbocycles. The lowest BCUT2D eigenvalue weighted by Crippen LogP contribution is -2.37. The standard InChI is InChI=1S/C14H21Cl2NO3S/c1-9(2)14(3,4)8-17-21(19,20)12-6-11(15)5-10(7-18)13(12)16/h5-6,9,17-18H,7-8H2,1-4H3. The first-order valence-electron chi connectivity index (χ1n) is 6.59. The topological polar surface area (TPSA) is 66.4 Å². The third-order valence-electron chi connectivity index (χ3n) is 3.82. The van der Waals surface area contributed by atoms with E-state index in [9.17, 15) is 13.5 Å². The molecule has 21 heavy (non-hydrogen) atoms. The molecule has 1 rings (SSSR count). The van der Waals surface area contributed by atoms with Gasteiger partial charge in [-0.1, -0.05) is 50.9 Å². The summed E-state index contributed by atoms with van der Waals surface area (Å²) in [6.07, 6.45) is 0. The summed E-state index contributed by atoms with van der Waals surface area (Å²) >= 11 is 11.9. The monoisotopic (exact) mass is 353 g/mol. The van der Waals surface area contributed by atoms with E-state index in [1.165, 1.54) is 12.1 Å². The maximum atomic E-state index is 12.4. The van der Waals surface area contributed by atoms with E-state index in [-0.39, 0.29) is 39.1 Å². The maximum Gasteiger partial charge on any atom is 0.242 e. The molecule has 0 spiro atoms. The first kappa shape index (κ1) is 18.7. The third-order valence-corrected chi connectivity index (χ3v) is 6.02. The van der Waals surface area contributed by atoms with Crippen molar-refractivity contribution in [3.05, 3.63) is 27.7 Å². The van der Waals surface area contributed by atoms with E-state index in [1.807, 2.05) is 27.7 Å². The largest absolute Gasteiger partial charge is 0.392 e. The van der Waals surface area contributed by atoms with Gasteiger partial charge in [0.05, 0.1) is 11.6 Å². The van der Waals surface area contributed by atoms with Gasteiger partial charge in [0.1, 0.15) is 4.90 Å². The second-order valence-corrected chi connectivity index (χ2v) is 8.55. The lowest BCUT2D eigenvalue weighted by Gasteiger charge is -2.29. The molecule has 0 atom stereocenters. The summed E-state index contributed by atoms with van der Waals surface area (Å²) in [5, 5.41) is 9.42. The molecule has 0 fully saturated rings. The van der Waals surface area contributed by atoms with Gasteiger partial charge in [-0.3, -0.25) is 0 Å². The Kier molecular flexibility index (Phi) is 6.09. The normalized spacial score (nSPS) is 13.0. The number of aliphatic hydroxyl groups excluding tert-OH is 1. The molecular weight excluding hydrogens is 333 g/mol. The van der Waals surface area contributed by atoms with Crippen molar-refractivity contribution in [2.24, 2.45) is 11.3 Å². The summed E-state index contributed by atoms with van der Waals surface area (Å²) < 4.78 is 27.4. The van der Waals surface area contributed by atoms with Crippen LogP contribution in [0.2, 0.25) is 10.0 Å². The second-order valence-electron chi connectivity index (χ2n) is 6.00. The van der Waals surface area contributed by atoms with Gasteiger partial charge in [-0.15, -0.1) is 0 Å². The van der Waals surface area contributed by atoms with Crippen LogP contribution in [0.25, 0.3) is 0 Å². The van der Waals surface area contributed by atoms with Crippen LogP contribution in [-0.4, -0.2) is 20.1 Å². The fraction of sp³-hybridized carbons (Fsp3) is 0.571. The summed E-state index contributed by atoms with van der Waals surface area (Å²) in [4.78, 5) is -0.111. The minimum Gasteiger partial charge on any atom is -0.392 e. The van der Waals surface area contributed by atoms with Gasteiger partial charge in [-0.05, 0) is 29.0 Å². The number of halogens is 2. The Morgan fingerprint density at radius 3 is 2.33 bits per heavy atom. The molecule has 0 heterocycles. The molecule has 0 aromatic heterocycles. The quantitative estimate of drug-likeness (QED) is 0.822. The van der Waals surface area contributed by atoms with Crippen molar-refractivity contribution < 1.29 is 13.5 Å². The molecule has 1 aromatic carbocycles. The summed E-state index contributed by atoms with van der Waals surface area (Å²) in [7, 11) is -3.79. The maximum absolute atomic E-state index is 12.4. The van der Waals surface area contributed by atoms with E-state index >= 15 is 0 Å². The zero-order chi connectivity index (χ0) is 16.4. The van der Waals surface area contributed by atoms with E-state index in [2.05, 4.69) is 4.72 Å². The summed E-state index contributed by atoms with van der Waals surface area (Å²) in [6.45, 7) is 7.94.